The number of rotatable bonds is 3. The molecular formula is C15H31KO6. The van der Waals surface area contributed by atoms with Crippen molar-refractivity contribution in [1.29, 1.82) is 0 Å². The average molecular weight is 347 g/mol. The van der Waals surface area contributed by atoms with Crippen LogP contribution in [-0.4, -0.2) is 35.9 Å². The summed E-state index contributed by atoms with van der Waals surface area (Å²) < 4.78 is 4.11. The zero-order valence-corrected chi connectivity index (χ0v) is 18.9. The molecule has 1 N–H and O–H groups in total. The first-order valence-corrected chi connectivity index (χ1v) is 6.64. The van der Waals surface area contributed by atoms with Gasteiger partial charge in [0.05, 0.1) is 13.0 Å². The molecule has 0 aromatic rings. The summed E-state index contributed by atoms with van der Waals surface area (Å²) in [6.45, 7) is 13.3. The van der Waals surface area contributed by atoms with Gasteiger partial charge >= 0.3 is 57.4 Å². The van der Waals surface area contributed by atoms with E-state index in [4.69, 9.17) is 0 Å². The Hall–Kier alpha value is 0.0764. The minimum Gasteiger partial charge on any atom is -0.870 e. The second kappa shape index (κ2) is 29.1. The van der Waals surface area contributed by atoms with Gasteiger partial charge in [0.15, 0.2) is 0 Å². The van der Waals surface area contributed by atoms with Gasteiger partial charge in [0.25, 0.3) is 0 Å². The Balaban J connectivity index is -0.0000000408. The van der Waals surface area contributed by atoms with Crippen LogP contribution in [0.2, 0.25) is 0 Å². The molecule has 0 heterocycles. The largest absolute Gasteiger partial charge is 1.00 e. The van der Waals surface area contributed by atoms with Crippen LogP contribution in [0.4, 0.5) is 0 Å². The first-order valence-electron chi connectivity index (χ1n) is 6.64. The summed E-state index contributed by atoms with van der Waals surface area (Å²) in [5, 5.41) is 0. The maximum absolute atomic E-state index is 10.4. The number of hydrogen-bond acceptors (Lipinski definition) is 6. The molecule has 0 rings (SSSR count). The molecule has 0 radical (unpaired) electrons. The molecule has 0 bridgehead atoms. The number of Topliss-reactive ketones (excluding diaryl/α,β-unsaturated/α-hetero) is 3. The van der Waals surface area contributed by atoms with Crippen molar-refractivity contribution in [2.45, 2.75) is 61.8 Å². The van der Waals surface area contributed by atoms with E-state index in [-0.39, 0.29) is 80.2 Å². The fraction of sp³-hybridized carbons (Fsp3) is 0.733. The van der Waals surface area contributed by atoms with E-state index < -0.39 is 5.92 Å². The van der Waals surface area contributed by atoms with Crippen molar-refractivity contribution >= 4 is 23.3 Å². The third-order valence-corrected chi connectivity index (χ3v) is 2.00. The first-order chi connectivity index (χ1) is 9.09. The molecule has 0 unspecified atom stereocenters. The summed E-state index contributed by atoms with van der Waals surface area (Å²) >= 11 is 0. The van der Waals surface area contributed by atoms with Gasteiger partial charge in [-0.1, -0.05) is 20.8 Å². The Morgan fingerprint density at radius 1 is 0.909 bits per heavy atom. The Labute approximate surface area is 177 Å². The molecule has 0 saturated heterocycles. The summed E-state index contributed by atoms with van der Waals surface area (Å²) in [5.41, 5.74) is 0. The molecular weight excluding hydrogens is 315 g/mol. The zero-order valence-electron chi connectivity index (χ0n) is 15.8. The van der Waals surface area contributed by atoms with Gasteiger partial charge in [-0.3, -0.25) is 14.4 Å². The molecule has 7 heteroatoms. The minimum absolute atomic E-state index is 0. The van der Waals surface area contributed by atoms with E-state index in [1.165, 1.54) is 27.9 Å². The Bertz CT molecular complexity index is 262. The predicted molar refractivity (Wildman–Crippen MR) is 82.5 cm³/mol. The van der Waals surface area contributed by atoms with E-state index >= 15 is 0 Å². The normalized spacial score (nSPS) is 7.00. The van der Waals surface area contributed by atoms with Gasteiger partial charge in [-0.15, -0.1) is 0 Å². The third-order valence-electron chi connectivity index (χ3n) is 2.00. The molecule has 0 aromatic carbocycles. The van der Waals surface area contributed by atoms with Crippen LogP contribution in [0.1, 0.15) is 61.8 Å². The van der Waals surface area contributed by atoms with Crippen LogP contribution < -0.4 is 51.4 Å². The summed E-state index contributed by atoms with van der Waals surface area (Å²) in [6.07, 6.45) is 0.667. The summed E-state index contributed by atoms with van der Waals surface area (Å²) in [4.78, 5) is 40.1. The van der Waals surface area contributed by atoms with Crippen molar-refractivity contribution < 1.29 is 80.8 Å². The fourth-order valence-electron chi connectivity index (χ4n) is 0.286. The van der Waals surface area contributed by atoms with Gasteiger partial charge in [-0.2, -0.15) is 0 Å². The quantitative estimate of drug-likeness (QED) is 0.398. The van der Waals surface area contributed by atoms with Gasteiger partial charge < -0.3 is 15.0 Å². The number of hydrogen-bond donors (Lipinski definition) is 0. The van der Waals surface area contributed by atoms with Crippen LogP contribution in [-0.2, 0) is 23.9 Å². The number of carbonyl (C=O) groups is 4. The van der Waals surface area contributed by atoms with Gasteiger partial charge in [-0.25, -0.2) is 0 Å². The van der Waals surface area contributed by atoms with Crippen molar-refractivity contribution in [2.24, 2.45) is 5.92 Å². The van der Waals surface area contributed by atoms with Crippen molar-refractivity contribution in [3.63, 3.8) is 0 Å². The van der Waals surface area contributed by atoms with Gasteiger partial charge in [0, 0.05) is 13.3 Å². The summed E-state index contributed by atoms with van der Waals surface area (Å²) in [7, 11) is 1.35. The van der Waals surface area contributed by atoms with Crippen LogP contribution in [0.3, 0.4) is 0 Å². The maximum atomic E-state index is 10.4. The molecule has 0 fully saturated rings. The number of ketones is 3. The molecule has 0 amide bonds. The standard InChI is InChI=1S/C6H10O2.C4H8O.C3H6O2.C2H6.K.H2O/c1-4(5(2)7)6(3)8;1-3-4(2)5;1-3(4)5-2;1-2;;/h4H,1-3H3;3H2,1-2H3;1-2H3;1-2H3;;1H2/q;;;;+1;/p-1. The predicted octanol–water partition coefficient (Wildman–Crippen LogP) is -0.181. The second-order valence-electron chi connectivity index (χ2n) is 3.69. The molecule has 0 aliphatic carbocycles. The van der Waals surface area contributed by atoms with E-state index in [1.807, 2.05) is 20.8 Å². The molecule has 0 saturated carbocycles. The molecule has 128 valence electrons. The van der Waals surface area contributed by atoms with E-state index in [0.717, 1.165) is 0 Å². The Morgan fingerprint density at radius 3 is 1.09 bits per heavy atom. The average Bonchev–Trinajstić information content (AvgIpc) is 2.41. The summed E-state index contributed by atoms with van der Waals surface area (Å²) in [6, 6.07) is 0. The van der Waals surface area contributed by atoms with Crippen molar-refractivity contribution in [1.82, 2.24) is 0 Å². The number of carbonyl (C=O) groups excluding carboxylic acids is 4. The van der Waals surface area contributed by atoms with Crippen molar-refractivity contribution in [3.8, 4) is 0 Å². The van der Waals surface area contributed by atoms with Gasteiger partial charge in [0.2, 0.25) is 0 Å². The Kier molecular flexibility index (Phi) is 50.2. The molecule has 0 aromatic heterocycles. The smallest absolute Gasteiger partial charge is 0.870 e. The number of methoxy groups -OCH3 is 1. The van der Waals surface area contributed by atoms with E-state index in [0.29, 0.717) is 6.42 Å². The van der Waals surface area contributed by atoms with Crippen LogP contribution in [0.25, 0.3) is 0 Å². The zero-order chi connectivity index (χ0) is 17.3. The van der Waals surface area contributed by atoms with Crippen molar-refractivity contribution in [3.05, 3.63) is 0 Å². The molecule has 6 nitrogen and oxygen atoms in total. The van der Waals surface area contributed by atoms with Crippen molar-refractivity contribution in [2.75, 3.05) is 7.11 Å². The Morgan fingerprint density at radius 2 is 1.09 bits per heavy atom. The number of esters is 1. The fourth-order valence-corrected chi connectivity index (χ4v) is 0.286. The van der Waals surface area contributed by atoms with Gasteiger partial charge in [-0.05, 0) is 27.7 Å². The van der Waals surface area contributed by atoms with E-state index in [2.05, 4.69) is 4.74 Å². The van der Waals surface area contributed by atoms with Crippen LogP contribution in [0.5, 0.6) is 0 Å². The molecule has 0 spiro atoms. The molecule has 0 atom stereocenters. The molecule has 0 aliphatic heterocycles. The molecule has 0 aliphatic rings. The van der Waals surface area contributed by atoms with E-state index in [1.54, 1.807) is 13.8 Å². The minimum atomic E-state index is -0.407. The SMILES string of the molecule is CC.CC(=O)C(C)C(C)=O.CCC(C)=O.COC(C)=O.[K+].[OH-]. The second-order valence-corrected chi connectivity index (χ2v) is 3.69. The molecule has 22 heavy (non-hydrogen) atoms. The first kappa shape index (κ1) is 37.9. The number of ether oxygens (including phenoxy) is 1. The maximum Gasteiger partial charge on any atom is 1.00 e. The monoisotopic (exact) mass is 346 g/mol. The van der Waals surface area contributed by atoms with Crippen LogP contribution in [0.15, 0.2) is 0 Å². The van der Waals surface area contributed by atoms with Crippen LogP contribution in [0, 0.1) is 5.92 Å². The van der Waals surface area contributed by atoms with Gasteiger partial charge in [0.1, 0.15) is 17.3 Å². The van der Waals surface area contributed by atoms with Crippen LogP contribution >= 0.6 is 0 Å². The van der Waals surface area contributed by atoms with E-state index in [9.17, 15) is 19.2 Å². The topological polar surface area (TPSA) is 108 Å². The third kappa shape index (κ3) is 50.1. The summed E-state index contributed by atoms with van der Waals surface area (Å²) in [5.74, 6) is -0.514.